The maximum atomic E-state index is 13.0. The van der Waals surface area contributed by atoms with E-state index < -0.39 is 0 Å². The third-order valence-electron chi connectivity index (χ3n) is 5.07. The van der Waals surface area contributed by atoms with E-state index in [9.17, 15) is 10.1 Å². The first-order valence-corrected chi connectivity index (χ1v) is 10.8. The molecule has 0 radical (unpaired) electrons. The van der Waals surface area contributed by atoms with Crippen molar-refractivity contribution in [1.29, 1.82) is 5.26 Å². The number of benzene rings is 2. The predicted molar refractivity (Wildman–Crippen MR) is 116 cm³/mol. The van der Waals surface area contributed by atoms with E-state index in [-0.39, 0.29) is 18.2 Å². The van der Waals surface area contributed by atoms with Crippen LogP contribution in [0.15, 0.2) is 59.1 Å². The highest BCUT2D eigenvalue weighted by molar-refractivity contribution is 8.03. The lowest BCUT2D eigenvalue weighted by atomic mass is 9.86. The van der Waals surface area contributed by atoms with Crippen LogP contribution < -0.4 is 9.64 Å². The number of carbonyl (C=O) groups excluding carboxylic acids is 1. The van der Waals surface area contributed by atoms with Gasteiger partial charge in [-0.1, -0.05) is 47.6 Å². The summed E-state index contributed by atoms with van der Waals surface area (Å²) in [6.45, 7) is 2.93. The molecule has 2 aromatic rings. The molecular weight excluding hydrogens is 406 g/mol. The van der Waals surface area contributed by atoms with Crippen LogP contribution in [0.4, 0.5) is 5.69 Å². The van der Waals surface area contributed by atoms with Gasteiger partial charge < -0.3 is 9.64 Å². The van der Waals surface area contributed by atoms with Gasteiger partial charge in [-0.15, -0.1) is 0 Å². The molecule has 2 aliphatic rings. The quantitative estimate of drug-likeness (QED) is 0.693. The second-order valence-electron chi connectivity index (χ2n) is 6.82. The summed E-state index contributed by atoms with van der Waals surface area (Å²) in [5, 5.41) is 11.3. The summed E-state index contributed by atoms with van der Waals surface area (Å²) in [4.78, 5) is 16.8. The van der Waals surface area contributed by atoms with Crippen LogP contribution in [0.1, 0.15) is 24.8 Å². The predicted octanol–water partition coefficient (Wildman–Crippen LogP) is 4.96. The molecule has 4 rings (SSSR count). The van der Waals surface area contributed by atoms with Crippen molar-refractivity contribution < 1.29 is 9.53 Å². The zero-order valence-corrected chi connectivity index (χ0v) is 17.5. The Labute approximate surface area is 179 Å². The second-order valence-corrected chi connectivity index (χ2v) is 8.19. The Bertz CT molecular complexity index is 1000. The van der Waals surface area contributed by atoms with Gasteiger partial charge in [-0.25, -0.2) is 0 Å². The van der Waals surface area contributed by atoms with Crippen molar-refractivity contribution in [3.05, 3.63) is 69.7 Å². The molecule has 0 aliphatic carbocycles. The number of hydrogen-bond donors (Lipinski definition) is 0. The van der Waals surface area contributed by atoms with Crippen LogP contribution >= 0.6 is 23.4 Å². The molecule has 1 fully saturated rings. The smallest absolute Gasteiger partial charge is 0.229 e. The normalized spacial score (nSPS) is 19.1. The van der Waals surface area contributed by atoms with Gasteiger partial charge in [0.05, 0.1) is 41.5 Å². The number of nitriles is 1. The summed E-state index contributed by atoms with van der Waals surface area (Å²) < 4.78 is 5.75. The molecule has 5 nitrogen and oxygen atoms in total. The molecule has 29 heavy (non-hydrogen) atoms. The summed E-state index contributed by atoms with van der Waals surface area (Å²) in [5.41, 5.74) is 2.54. The summed E-state index contributed by atoms with van der Waals surface area (Å²) in [7, 11) is 0. The zero-order chi connectivity index (χ0) is 20.4. The van der Waals surface area contributed by atoms with Crippen LogP contribution in [0.3, 0.4) is 0 Å². The summed E-state index contributed by atoms with van der Waals surface area (Å²) >= 11 is 7.52. The molecular formula is C22H20ClN3O2S. The van der Waals surface area contributed by atoms with Gasteiger partial charge in [-0.05, 0) is 36.8 Å². The summed E-state index contributed by atoms with van der Waals surface area (Å²) in [5.74, 6) is 1.23. The molecule has 1 unspecified atom stereocenters. The molecule has 2 heterocycles. The minimum atomic E-state index is -0.231. The monoisotopic (exact) mass is 425 g/mol. The molecule has 1 amide bonds. The van der Waals surface area contributed by atoms with Crippen LogP contribution in [0.2, 0.25) is 5.02 Å². The minimum absolute atomic E-state index is 0.0186. The fourth-order valence-corrected chi connectivity index (χ4v) is 4.97. The van der Waals surface area contributed by atoms with Crippen LogP contribution in [0.25, 0.3) is 0 Å². The standard InChI is InChI=1S/C22H20ClN3O2S/c1-2-28-20-6-4-3-5-19(20)25-13-26-21(27)11-17(15-7-9-16(23)10-8-15)18(12-24)22(26)29-14-25/h3-10,17H,2,11,13-14H2,1H3. The lowest BCUT2D eigenvalue weighted by molar-refractivity contribution is -0.129. The van der Waals surface area contributed by atoms with E-state index in [1.165, 1.54) is 11.8 Å². The number of fused-ring (bicyclic) bond motifs is 1. The molecule has 0 spiro atoms. The number of ether oxygens (including phenoxy) is 1. The fourth-order valence-electron chi connectivity index (χ4n) is 3.69. The molecule has 148 valence electrons. The third-order valence-corrected chi connectivity index (χ3v) is 6.48. The average Bonchev–Trinajstić information content (AvgIpc) is 2.75. The number of para-hydroxylation sites is 2. The topological polar surface area (TPSA) is 56.6 Å². The fraction of sp³-hybridized carbons (Fsp3) is 0.273. The molecule has 1 atom stereocenters. The van der Waals surface area contributed by atoms with Gasteiger partial charge in [-0.3, -0.25) is 9.69 Å². The summed E-state index contributed by atoms with van der Waals surface area (Å²) in [6.07, 6.45) is 0.273. The first-order chi connectivity index (χ1) is 14.1. The van der Waals surface area contributed by atoms with Gasteiger partial charge in [0, 0.05) is 17.4 Å². The molecule has 0 saturated carbocycles. The lowest BCUT2D eigenvalue weighted by Gasteiger charge is -2.42. The van der Waals surface area contributed by atoms with Crippen molar-refractivity contribution >= 4 is 35.0 Å². The third kappa shape index (κ3) is 3.81. The molecule has 0 aromatic heterocycles. The van der Waals surface area contributed by atoms with Crippen LogP contribution in [0, 0.1) is 11.3 Å². The summed E-state index contributed by atoms with van der Waals surface area (Å²) in [6, 6.07) is 17.6. The molecule has 7 heteroatoms. The van der Waals surface area contributed by atoms with E-state index in [1.807, 2.05) is 43.3 Å². The number of nitrogens with zero attached hydrogens (tertiary/aromatic N) is 3. The average molecular weight is 426 g/mol. The Balaban J connectivity index is 1.65. The minimum Gasteiger partial charge on any atom is -0.492 e. The Morgan fingerprint density at radius 1 is 1.24 bits per heavy atom. The van der Waals surface area contributed by atoms with E-state index in [0.29, 0.717) is 29.7 Å². The van der Waals surface area contributed by atoms with E-state index in [2.05, 4.69) is 11.0 Å². The number of thioether (sulfide) groups is 1. The molecule has 2 aromatic carbocycles. The maximum Gasteiger partial charge on any atom is 0.229 e. The van der Waals surface area contributed by atoms with E-state index >= 15 is 0 Å². The Morgan fingerprint density at radius 3 is 2.72 bits per heavy atom. The Morgan fingerprint density at radius 2 is 2.00 bits per heavy atom. The Hall–Kier alpha value is -2.62. The SMILES string of the molecule is CCOc1ccccc1N1CSC2=C(C#N)C(c3ccc(Cl)cc3)CC(=O)N2C1. The van der Waals surface area contributed by atoms with Gasteiger partial charge in [-0.2, -0.15) is 5.26 Å². The number of anilines is 1. The first-order valence-electron chi connectivity index (χ1n) is 9.42. The van der Waals surface area contributed by atoms with E-state index in [0.717, 1.165) is 22.0 Å². The number of carbonyl (C=O) groups is 1. The van der Waals surface area contributed by atoms with Crippen LogP contribution in [0.5, 0.6) is 5.75 Å². The zero-order valence-electron chi connectivity index (χ0n) is 16.0. The lowest BCUT2D eigenvalue weighted by Crippen LogP contribution is -2.47. The number of rotatable bonds is 4. The van der Waals surface area contributed by atoms with Crippen molar-refractivity contribution in [3.8, 4) is 11.8 Å². The number of halogens is 1. The van der Waals surface area contributed by atoms with Crippen molar-refractivity contribution in [2.45, 2.75) is 19.3 Å². The van der Waals surface area contributed by atoms with Gasteiger partial charge in [0.15, 0.2) is 0 Å². The molecule has 0 N–H and O–H groups in total. The van der Waals surface area contributed by atoms with Gasteiger partial charge in [0.25, 0.3) is 0 Å². The van der Waals surface area contributed by atoms with Crippen molar-refractivity contribution in [2.75, 3.05) is 24.1 Å². The van der Waals surface area contributed by atoms with Gasteiger partial charge in [0.2, 0.25) is 5.91 Å². The number of hydrogen-bond acceptors (Lipinski definition) is 5. The number of amides is 1. The van der Waals surface area contributed by atoms with Crippen molar-refractivity contribution in [1.82, 2.24) is 4.90 Å². The van der Waals surface area contributed by atoms with E-state index in [1.54, 1.807) is 17.0 Å². The molecule has 0 bridgehead atoms. The number of allylic oxidation sites excluding steroid dienone is 1. The highest BCUT2D eigenvalue weighted by Crippen LogP contribution is 2.44. The van der Waals surface area contributed by atoms with Gasteiger partial charge in [0.1, 0.15) is 5.75 Å². The largest absolute Gasteiger partial charge is 0.492 e. The van der Waals surface area contributed by atoms with Crippen LogP contribution in [-0.4, -0.2) is 30.0 Å². The molecule has 2 aliphatic heterocycles. The Kier molecular flexibility index (Phi) is 5.70. The maximum absolute atomic E-state index is 13.0. The second kappa shape index (κ2) is 8.40. The molecule has 1 saturated heterocycles. The van der Waals surface area contributed by atoms with E-state index in [4.69, 9.17) is 16.3 Å². The highest BCUT2D eigenvalue weighted by Gasteiger charge is 2.38. The van der Waals surface area contributed by atoms with Crippen molar-refractivity contribution in [3.63, 3.8) is 0 Å². The van der Waals surface area contributed by atoms with Crippen LogP contribution in [-0.2, 0) is 4.79 Å². The first kappa shape index (κ1) is 19.7. The highest BCUT2D eigenvalue weighted by atomic mass is 35.5. The van der Waals surface area contributed by atoms with Gasteiger partial charge >= 0.3 is 0 Å². The van der Waals surface area contributed by atoms with Crippen molar-refractivity contribution in [2.24, 2.45) is 0 Å².